The lowest BCUT2D eigenvalue weighted by molar-refractivity contribution is 0.188. The molecule has 2 unspecified atom stereocenters. The summed E-state index contributed by atoms with van der Waals surface area (Å²) in [5.74, 6) is 0.638. The molecule has 2 atom stereocenters. The fourth-order valence-electron chi connectivity index (χ4n) is 1.82. The van der Waals surface area contributed by atoms with Gasteiger partial charge in [0.15, 0.2) is 0 Å². The summed E-state index contributed by atoms with van der Waals surface area (Å²) in [6.07, 6.45) is 1.85. The quantitative estimate of drug-likeness (QED) is 0.793. The van der Waals surface area contributed by atoms with Crippen LogP contribution in [0.3, 0.4) is 0 Å². The highest BCUT2D eigenvalue weighted by atomic mass is 15.1. The second-order valence-corrected chi connectivity index (χ2v) is 4.51. The smallest absolute Gasteiger partial charge is 0.0543 e. The van der Waals surface area contributed by atoms with Crippen LogP contribution < -0.4 is 5.32 Å². The first kappa shape index (κ1) is 13.1. The van der Waals surface area contributed by atoms with Gasteiger partial charge in [0.2, 0.25) is 0 Å². The van der Waals surface area contributed by atoms with Crippen LogP contribution >= 0.6 is 0 Å². The molecular formula is C13H23N3. The largest absolute Gasteiger partial charge is 0.319 e. The maximum absolute atomic E-state index is 4.35. The van der Waals surface area contributed by atoms with Crippen LogP contribution in [-0.4, -0.2) is 36.6 Å². The van der Waals surface area contributed by atoms with Crippen LogP contribution in [0, 0.1) is 5.92 Å². The van der Waals surface area contributed by atoms with Crippen LogP contribution in [0.5, 0.6) is 0 Å². The summed E-state index contributed by atoms with van der Waals surface area (Å²) in [6.45, 7) is 6.50. The molecule has 1 aromatic heterocycles. The van der Waals surface area contributed by atoms with E-state index in [-0.39, 0.29) is 0 Å². The first-order valence-electron chi connectivity index (χ1n) is 5.90. The predicted molar refractivity (Wildman–Crippen MR) is 68.3 cm³/mol. The van der Waals surface area contributed by atoms with Crippen molar-refractivity contribution in [1.29, 1.82) is 0 Å². The van der Waals surface area contributed by atoms with E-state index in [1.54, 1.807) is 0 Å². The van der Waals surface area contributed by atoms with Gasteiger partial charge in [0, 0.05) is 18.8 Å². The highest BCUT2D eigenvalue weighted by molar-refractivity contribution is 5.03. The lowest BCUT2D eigenvalue weighted by atomic mass is 10.0. The van der Waals surface area contributed by atoms with E-state index in [0.29, 0.717) is 12.0 Å². The molecular weight excluding hydrogens is 198 g/mol. The third-order valence-electron chi connectivity index (χ3n) is 3.18. The van der Waals surface area contributed by atoms with Crippen molar-refractivity contribution in [3.8, 4) is 0 Å². The fourth-order valence-corrected chi connectivity index (χ4v) is 1.82. The Bertz CT molecular complexity index is 286. The minimum Gasteiger partial charge on any atom is -0.319 e. The molecule has 3 nitrogen and oxygen atoms in total. The summed E-state index contributed by atoms with van der Waals surface area (Å²) >= 11 is 0. The molecule has 0 aliphatic carbocycles. The molecule has 1 aromatic rings. The number of aromatic nitrogens is 1. The third kappa shape index (κ3) is 3.91. The molecule has 0 spiro atoms. The summed E-state index contributed by atoms with van der Waals surface area (Å²) in [5.41, 5.74) is 1.13. The lowest BCUT2D eigenvalue weighted by Crippen LogP contribution is -2.38. The van der Waals surface area contributed by atoms with Crippen molar-refractivity contribution in [2.45, 2.75) is 26.4 Å². The zero-order chi connectivity index (χ0) is 12.0. The van der Waals surface area contributed by atoms with E-state index < -0.39 is 0 Å². The van der Waals surface area contributed by atoms with Crippen molar-refractivity contribution in [2.24, 2.45) is 5.92 Å². The van der Waals surface area contributed by atoms with Gasteiger partial charge in [0.25, 0.3) is 0 Å². The molecule has 0 amide bonds. The van der Waals surface area contributed by atoms with E-state index in [0.717, 1.165) is 18.8 Å². The van der Waals surface area contributed by atoms with Crippen LogP contribution in [0.15, 0.2) is 24.4 Å². The van der Waals surface area contributed by atoms with E-state index in [1.807, 2.05) is 25.4 Å². The van der Waals surface area contributed by atoms with Crippen molar-refractivity contribution < 1.29 is 0 Å². The second kappa shape index (κ2) is 6.61. The zero-order valence-corrected chi connectivity index (χ0v) is 10.8. The molecule has 0 fully saturated rings. The summed E-state index contributed by atoms with van der Waals surface area (Å²) in [6, 6.07) is 6.62. The highest BCUT2D eigenvalue weighted by Crippen LogP contribution is 2.11. The molecule has 1 heterocycles. The molecule has 0 radical (unpaired) electrons. The average Bonchev–Trinajstić information content (AvgIpc) is 2.29. The monoisotopic (exact) mass is 221 g/mol. The summed E-state index contributed by atoms with van der Waals surface area (Å²) in [7, 11) is 4.16. The Labute approximate surface area is 98.9 Å². The minimum absolute atomic E-state index is 0.550. The average molecular weight is 221 g/mol. The van der Waals surface area contributed by atoms with Gasteiger partial charge in [-0.05, 0) is 45.6 Å². The van der Waals surface area contributed by atoms with Gasteiger partial charge in [-0.25, -0.2) is 0 Å². The van der Waals surface area contributed by atoms with Gasteiger partial charge in [0.1, 0.15) is 0 Å². The van der Waals surface area contributed by atoms with E-state index in [1.165, 1.54) is 0 Å². The first-order valence-corrected chi connectivity index (χ1v) is 5.90. The summed E-state index contributed by atoms with van der Waals surface area (Å²) < 4.78 is 0. The Morgan fingerprint density at radius 3 is 2.69 bits per heavy atom. The molecule has 0 aliphatic rings. The number of hydrogen-bond acceptors (Lipinski definition) is 3. The van der Waals surface area contributed by atoms with Gasteiger partial charge in [0.05, 0.1) is 5.69 Å². The number of rotatable bonds is 6. The molecule has 1 rings (SSSR count). The van der Waals surface area contributed by atoms with E-state index in [2.05, 4.69) is 42.2 Å². The van der Waals surface area contributed by atoms with E-state index in [9.17, 15) is 0 Å². The van der Waals surface area contributed by atoms with Crippen molar-refractivity contribution >= 4 is 0 Å². The number of pyridine rings is 1. The van der Waals surface area contributed by atoms with Crippen LogP contribution in [0.2, 0.25) is 0 Å². The SMILES string of the molecule is CNCC(C)C(C)N(C)Cc1ccccn1. The highest BCUT2D eigenvalue weighted by Gasteiger charge is 2.16. The van der Waals surface area contributed by atoms with Crippen LogP contribution in [0.4, 0.5) is 0 Å². The topological polar surface area (TPSA) is 28.2 Å². The molecule has 90 valence electrons. The van der Waals surface area contributed by atoms with Gasteiger partial charge in [-0.1, -0.05) is 13.0 Å². The first-order chi connectivity index (χ1) is 7.65. The van der Waals surface area contributed by atoms with Crippen molar-refractivity contribution in [3.05, 3.63) is 30.1 Å². The minimum atomic E-state index is 0.550. The number of nitrogens with zero attached hydrogens (tertiary/aromatic N) is 2. The van der Waals surface area contributed by atoms with E-state index >= 15 is 0 Å². The molecule has 16 heavy (non-hydrogen) atoms. The Kier molecular flexibility index (Phi) is 5.43. The molecule has 0 saturated carbocycles. The molecule has 0 aliphatic heterocycles. The fraction of sp³-hybridized carbons (Fsp3) is 0.615. The Morgan fingerprint density at radius 1 is 1.38 bits per heavy atom. The predicted octanol–water partition coefficient (Wildman–Crippen LogP) is 1.76. The van der Waals surface area contributed by atoms with Gasteiger partial charge < -0.3 is 5.32 Å². The van der Waals surface area contributed by atoms with Gasteiger partial charge in [-0.2, -0.15) is 0 Å². The molecule has 0 saturated heterocycles. The van der Waals surface area contributed by atoms with Gasteiger partial charge >= 0.3 is 0 Å². The normalized spacial score (nSPS) is 15.1. The van der Waals surface area contributed by atoms with Crippen molar-refractivity contribution in [1.82, 2.24) is 15.2 Å². The Morgan fingerprint density at radius 2 is 2.12 bits per heavy atom. The maximum Gasteiger partial charge on any atom is 0.0543 e. The van der Waals surface area contributed by atoms with Crippen molar-refractivity contribution in [2.75, 3.05) is 20.6 Å². The molecule has 3 heteroatoms. The van der Waals surface area contributed by atoms with Gasteiger partial charge in [-0.15, -0.1) is 0 Å². The number of hydrogen-bond donors (Lipinski definition) is 1. The Hall–Kier alpha value is -0.930. The van der Waals surface area contributed by atoms with E-state index in [4.69, 9.17) is 0 Å². The third-order valence-corrected chi connectivity index (χ3v) is 3.18. The molecule has 1 N–H and O–H groups in total. The number of nitrogens with one attached hydrogen (secondary N) is 1. The lowest BCUT2D eigenvalue weighted by Gasteiger charge is -2.29. The molecule has 0 aromatic carbocycles. The summed E-state index contributed by atoms with van der Waals surface area (Å²) in [5, 5.41) is 3.22. The summed E-state index contributed by atoms with van der Waals surface area (Å²) in [4.78, 5) is 6.70. The second-order valence-electron chi connectivity index (χ2n) is 4.51. The van der Waals surface area contributed by atoms with Crippen LogP contribution in [0.1, 0.15) is 19.5 Å². The van der Waals surface area contributed by atoms with Crippen LogP contribution in [0.25, 0.3) is 0 Å². The van der Waals surface area contributed by atoms with Crippen molar-refractivity contribution in [3.63, 3.8) is 0 Å². The Balaban J connectivity index is 2.48. The van der Waals surface area contributed by atoms with Gasteiger partial charge in [-0.3, -0.25) is 9.88 Å². The maximum atomic E-state index is 4.35. The van der Waals surface area contributed by atoms with Crippen LogP contribution in [-0.2, 0) is 6.54 Å². The molecule has 0 bridgehead atoms. The zero-order valence-electron chi connectivity index (χ0n) is 10.8. The standard InChI is InChI=1S/C13H23N3/c1-11(9-14-3)12(2)16(4)10-13-7-5-6-8-15-13/h5-8,11-12,14H,9-10H2,1-4H3.